The lowest BCUT2D eigenvalue weighted by atomic mass is 10.2. The molecular weight excluding hydrogens is 286 g/mol. The predicted octanol–water partition coefficient (Wildman–Crippen LogP) is 2.18. The molecule has 0 fully saturated rings. The highest BCUT2D eigenvalue weighted by molar-refractivity contribution is 5.93. The van der Waals surface area contributed by atoms with E-state index in [1.54, 1.807) is 31.2 Å². The molecule has 1 atom stereocenters. The first-order valence-electron chi connectivity index (χ1n) is 6.82. The van der Waals surface area contributed by atoms with Gasteiger partial charge in [0.2, 0.25) is 5.91 Å². The number of rotatable bonds is 6. The number of hydrogen-bond donors (Lipinski definition) is 2. The number of carbonyl (C=O) groups excluding carboxylic acids is 1. The second-order valence-electron chi connectivity index (χ2n) is 4.64. The lowest BCUT2D eigenvalue weighted by Gasteiger charge is -2.13. The fourth-order valence-corrected chi connectivity index (χ4v) is 1.83. The number of carboxylic acids is 1. The van der Waals surface area contributed by atoms with Crippen LogP contribution in [0.25, 0.3) is 0 Å². The van der Waals surface area contributed by atoms with E-state index in [-0.39, 0.29) is 11.5 Å². The zero-order valence-electron chi connectivity index (χ0n) is 12.3. The smallest absolute Gasteiger partial charge is 0.338 e. The number of aromatic carboxylic acids is 1. The molecule has 0 saturated carbocycles. The Labute approximate surface area is 127 Å². The quantitative estimate of drug-likeness (QED) is 0.853. The van der Waals surface area contributed by atoms with Gasteiger partial charge in [-0.15, -0.1) is 0 Å². The van der Waals surface area contributed by atoms with Crippen LogP contribution in [0, 0.1) is 0 Å². The van der Waals surface area contributed by atoms with Crippen molar-refractivity contribution in [1.82, 2.24) is 9.78 Å². The van der Waals surface area contributed by atoms with E-state index in [9.17, 15) is 9.59 Å². The van der Waals surface area contributed by atoms with E-state index in [1.807, 2.05) is 6.92 Å². The molecule has 22 heavy (non-hydrogen) atoms. The lowest BCUT2D eigenvalue weighted by molar-refractivity contribution is -0.119. The van der Waals surface area contributed by atoms with Gasteiger partial charge in [-0.1, -0.05) is 0 Å². The molecule has 7 heteroatoms. The summed E-state index contributed by atoms with van der Waals surface area (Å²) < 4.78 is 6.64. The van der Waals surface area contributed by atoms with Crippen LogP contribution in [0.4, 0.5) is 5.69 Å². The highest BCUT2D eigenvalue weighted by atomic mass is 16.5. The van der Waals surface area contributed by atoms with Crippen molar-refractivity contribution in [3.05, 3.63) is 42.2 Å². The van der Waals surface area contributed by atoms with Crippen molar-refractivity contribution in [2.75, 3.05) is 11.9 Å². The molecule has 7 nitrogen and oxygen atoms in total. The third-order valence-corrected chi connectivity index (χ3v) is 3.06. The van der Waals surface area contributed by atoms with E-state index in [1.165, 1.54) is 17.1 Å². The topological polar surface area (TPSA) is 93.5 Å². The van der Waals surface area contributed by atoms with Gasteiger partial charge in [0.05, 0.1) is 18.4 Å². The number of hydrogen-bond acceptors (Lipinski definition) is 4. The molecule has 116 valence electrons. The summed E-state index contributed by atoms with van der Waals surface area (Å²) in [6, 6.07) is 6.38. The molecule has 0 aliphatic carbocycles. The Bertz CT molecular complexity index is 664. The zero-order valence-corrected chi connectivity index (χ0v) is 12.3. The molecule has 1 aromatic carbocycles. The van der Waals surface area contributed by atoms with Crippen molar-refractivity contribution in [2.24, 2.45) is 0 Å². The fourth-order valence-electron chi connectivity index (χ4n) is 1.83. The molecule has 1 amide bonds. The summed E-state index contributed by atoms with van der Waals surface area (Å²) in [5.41, 5.74) is 0.673. The molecule has 1 aromatic heterocycles. The number of ether oxygens (including phenoxy) is 1. The maximum Gasteiger partial charge on any atom is 0.338 e. The molecular formula is C15H17N3O4. The van der Waals surface area contributed by atoms with Crippen molar-refractivity contribution in [3.8, 4) is 5.75 Å². The van der Waals surface area contributed by atoms with Crippen LogP contribution in [-0.2, 0) is 4.79 Å². The Morgan fingerprint density at radius 3 is 2.59 bits per heavy atom. The van der Waals surface area contributed by atoms with E-state index < -0.39 is 12.0 Å². The third kappa shape index (κ3) is 3.63. The predicted molar refractivity (Wildman–Crippen MR) is 80.1 cm³/mol. The maximum absolute atomic E-state index is 12.2. The molecule has 1 unspecified atom stereocenters. The molecule has 1 heterocycles. The van der Waals surface area contributed by atoms with Gasteiger partial charge in [0.1, 0.15) is 11.8 Å². The van der Waals surface area contributed by atoms with Crippen LogP contribution in [0.1, 0.15) is 30.2 Å². The minimum absolute atomic E-state index is 0.0423. The van der Waals surface area contributed by atoms with Gasteiger partial charge in [-0.25, -0.2) is 4.79 Å². The maximum atomic E-state index is 12.2. The van der Waals surface area contributed by atoms with E-state index in [4.69, 9.17) is 9.84 Å². The first-order valence-corrected chi connectivity index (χ1v) is 6.82. The third-order valence-electron chi connectivity index (χ3n) is 3.06. The van der Waals surface area contributed by atoms with Crippen molar-refractivity contribution in [3.63, 3.8) is 0 Å². The van der Waals surface area contributed by atoms with Gasteiger partial charge in [-0.05, 0) is 38.1 Å². The number of amides is 1. The Morgan fingerprint density at radius 1 is 1.36 bits per heavy atom. The highest BCUT2D eigenvalue weighted by Gasteiger charge is 2.17. The van der Waals surface area contributed by atoms with Crippen LogP contribution in [-0.4, -0.2) is 33.4 Å². The number of aromatic nitrogens is 2. The van der Waals surface area contributed by atoms with E-state index in [2.05, 4.69) is 10.4 Å². The normalized spacial score (nSPS) is 11.7. The minimum Gasteiger partial charge on any atom is -0.494 e. The highest BCUT2D eigenvalue weighted by Crippen LogP contribution is 2.17. The van der Waals surface area contributed by atoms with Crippen LogP contribution in [0.2, 0.25) is 0 Å². The van der Waals surface area contributed by atoms with E-state index in [0.717, 1.165) is 5.75 Å². The molecule has 2 aromatic rings. The second kappa shape index (κ2) is 6.75. The molecule has 2 rings (SSSR count). The van der Waals surface area contributed by atoms with Gasteiger partial charge in [0.15, 0.2) is 0 Å². The minimum atomic E-state index is -1.08. The van der Waals surface area contributed by atoms with Crippen molar-refractivity contribution >= 4 is 17.6 Å². The Balaban J connectivity index is 2.02. The molecule has 0 saturated heterocycles. The van der Waals surface area contributed by atoms with Crippen LogP contribution in [0.15, 0.2) is 36.7 Å². The number of carboxylic acid groups (broad SMARTS) is 1. The summed E-state index contributed by atoms with van der Waals surface area (Å²) >= 11 is 0. The van der Waals surface area contributed by atoms with Gasteiger partial charge < -0.3 is 15.2 Å². The summed E-state index contributed by atoms with van der Waals surface area (Å²) in [4.78, 5) is 23.0. The molecule has 0 aliphatic rings. The average molecular weight is 303 g/mol. The number of nitrogens with one attached hydrogen (secondary N) is 1. The Morgan fingerprint density at radius 2 is 2.05 bits per heavy atom. The van der Waals surface area contributed by atoms with E-state index in [0.29, 0.717) is 12.3 Å². The van der Waals surface area contributed by atoms with Gasteiger partial charge in [-0.2, -0.15) is 5.10 Å². The average Bonchev–Trinajstić information content (AvgIpc) is 2.99. The number of nitrogens with zero attached hydrogens (tertiary/aromatic N) is 2. The van der Waals surface area contributed by atoms with Crippen LogP contribution in [0.5, 0.6) is 5.75 Å². The molecule has 2 N–H and O–H groups in total. The van der Waals surface area contributed by atoms with Crippen LogP contribution < -0.4 is 10.1 Å². The molecule has 0 radical (unpaired) electrons. The van der Waals surface area contributed by atoms with Crippen molar-refractivity contribution in [2.45, 2.75) is 19.9 Å². The number of anilines is 1. The van der Waals surface area contributed by atoms with Crippen molar-refractivity contribution in [1.29, 1.82) is 0 Å². The van der Waals surface area contributed by atoms with Gasteiger partial charge in [-0.3, -0.25) is 9.48 Å². The SMILES string of the molecule is CCOc1ccc(NC(=O)C(C)n2cc(C(=O)O)cn2)cc1. The first kappa shape index (κ1) is 15.6. The summed E-state index contributed by atoms with van der Waals surface area (Å²) in [5, 5.41) is 15.5. The van der Waals surface area contributed by atoms with Gasteiger partial charge >= 0.3 is 5.97 Å². The number of benzene rings is 1. The Hall–Kier alpha value is -2.83. The standard InChI is InChI=1S/C15H17N3O4/c1-3-22-13-6-4-12(5-7-13)17-14(19)10(2)18-9-11(8-16-18)15(20)21/h4-10H,3H2,1-2H3,(H,17,19)(H,20,21). The molecule has 0 bridgehead atoms. The van der Waals surface area contributed by atoms with Crippen LogP contribution >= 0.6 is 0 Å². The largest absolute Gasteiger partial charge is 0.494 e. The van der Waals surface area contributed by atoms with Gasteiger partial charge in [0, 0.05) is 11.9 Å². The van der Waals surface area contributed by atoms with Crippen molar-refractivity contribution < 1.29 is 19.4 Å². The fraction of sp³-hybridized carbons (Fsp3) is 0.267. The summed E-state index contributed by atoms with van der Waals surface area (Å²) in [5.74, 6) is -0.638. The monoisotopic (exact) mass is 303 g/mol. The van der Waals surface area contributed by atoms with Gasteiger partial charge in [0.25, 0.3) is 0 Å². The first-order chi connectivity index (χ1) is 10.5. The number of carbonyl (C=O) groups is 2. The zero-order chi connectivity index (χ0) is 16.1. The second-order valence-corrected chi connectivity index (χ2v) is 4.64. The van der Waals surface area contributed by atoms with Crippen LogP contribution in [0.3, 0.4) is 0 Å². The summed E-state index contributed by atoms with van der Waals surface area (Å²) in [7, 11) is 0. The summed E-state index contributed by atoms with van der Waals surface area (Å²) in [6.45, 7) is 4.11. The van der Waals surface area contributed by atoms with E-state index >= 15 is 0 Å². The summed E-state index contributed by atoms with van der Waals surface area (Å²) in [6.07, 6.45) is 2.54. The Kier molecular flexibility index (Phi) is 4.77. The molecule has 0 aliphatic heterocycles. The lowest BCUT2D eigenvalue weighted by Crippen LogP contribution is -2.24. The molecule has 0 spiro atoms.